The van der Waals surface area contributed by atoms with Crippen molar-refractivity contribution in [2.45, 2.75) is 283 Å². The highest BCUT2D eigenvalue weighted by molar-refractivity contribution is 5.77. The van der Waals surface area contributed by atoms with Crippen molar-refractivity contribution in [2.24, 2.45) is 0 Å². The number of rotatable bonds is 48. The van der Waals surface area contributed by atoms with Crippen LogP contribution >= 0.6 is 0 Å². The minimum atomic E-state index is -0.798. The second kappa shape index (κ2) is 50.6. The van der Waals surface area contributed by atoms with Gasteiger partial charge in [-0.25, -0.2) is 0 Å². The standard InChI is InChI=1S/C57H103NO5/c1-4-7-10-13-16-19-22-25-28-31-34-37-40-43-46-49-55(60)54(52-59)58-56(61)51-53(48-45-42-39-36-33-30-27-24-21-18-15-12-9-6-3)63-57(62)50-47-44-41-38-35-32-29-26-23-20-17-14-11-8-5-2/h9,12,17-18,20-21,23,26-27,30,53-55,59-60H,4-8,10-11,13-16,19,22,24-25,28-29,31-52H2,1-3H3,(H,58,61)/b12-9+,20-17+,21-18+,26-23+,30-27+. The number of carbonyl (C=O) groups is 2. The van der Waals surface area contributed by atoms with Gasteiger partial charge in [0.25, 0.3) is 0 Å². The number of ether oxygens (including phenoxy) is 1. The molecular formula is C57H103NO5. The third kappa shape index (κ3) is 45.9. The molecule has 0 heterocycles. The van der Waals surface area contributed by atoms with Gasteiger partial charge in [-0.3, -0.25) is 9.59 Å². The van der Waals surface area contributed by atoms with Gasteiger partial charge in [0, 0.05) is 6.42 Å². The maximum absolute atomic E-state index is 13.2. The molecular weight excluding hydrogens is 779 g/mol. The third-order valence-corrected chi connectivity index (χ3v) is 12.1. The van der Waals surface area contributed by atoms with Crippen LogP contribution in [0.5, 0.6) is 0 Å². The second-order valence-electron chi connectivity index (χ2n) is 18.3. The SMILES string of the molecule is CC/C=C/C/C=C/C/C=C/CCCCCCC(CC(=O)NC(CO)C(O)CCCCCCCCCCCCCCCCC)OC(=O)CCCCCCCC/C=C/C=C/CCCCC. The van der Waals surface area contributed by atoms with Gasteiger partial charge in [0.05, 0.1) is 25.2 Å². The van der Waals surface area contributed by atoms with E-state index in [1.165, 1.54) is 122 Å². The van der Waals surface area contributed by atoms with E-state index in [4.69, 9.17) is 4.74 Å². The number of allylic oxidation sites excluding steroid dienone is 10. The molecule has 63 heavy (non-hydrogen) atoms. The fourth-order valence-corrected chi connectivity index (χ4v) is 8.02. The molecule has 6 heteroatoms. The van der Waals surface area contributed by atoms with Crippen LogP contribution in [-0.4, -0.2) is 46.9 Å². The van der Waals surface area contributed by atoms with E-state index < -0.39 is 18.2 Å². The normalized spacial score (nSPS) is 13.7. The summed E-state index contributed by atoms with van der Waals surface area (Å²) in [5.74, 6) is -0.506. The van der Waals surface area contributed by atoms with Gasteiger partial charge < -0.3 is 20.3 Å². The molecule has 3 atom stereocenters. The first-order valence-electron chi connectivity index (χ1n) is 27.0. The molecule has 0 aliphatic rings. The number of aliphatic hydroxyl groups excluding tert-OH is 2. The summed E-state index contributed by atoms with van der Waals surface area (Å²) in [6, 6.07) is -0.713. The Morgan fingerprint density at radius 3 is 1.43 bits per heavy atom. The summed E-state index contributed by atoms with van der Waals surface area (Å²) in [6.07, 6.45) is 62.8. The van der Waals surface area contributed by atoms with Gasteiger partial charge in [-0.05, 0) is 83.5 Å². The summed E-state index contributed by atoms with van der Waals surface area (Å²) in [6.45, 7) is 6.35. The Bertz CT molecular complexity index is 1130. The van der Waals surface area contributed by atoms with Crippen molar-refractivity contribution in [2.75, 3.05) is 6.61 Å². The van der Waals surface area contributed by atoms with E-state index in [1.807, 2.05) is 0 Å². The summed E-state index contributed by atoms with van der Waals surface area (Å²) in [7, 11) is 0. The molecule has 0 saturated heterocycles. The zero-order valence-corrected chi connectivity index (χ0v) is 41.7. The topological polar surface area (TPSA) is 95.9 Å². The van der Waals surface area contributed by atoms with E-state index >= 15 is 0 Å². The van der Waals surface area contributed by atoms with Crippen molar-refractivity contribution in [1.29, 1.82) is 0 Å². The van der Waals surface area contributed by atoms with Gasteiger partial charge in [-0.1, -0.05) is 229 Å². The predicted molar refractivity (Wildman–Crippen MR) is 273 cm³/mol. The van der Waals surface area contributed by atoms with Crippen molar-refractivity contribution in [3.63, 3.8) is 0 Å². The number of esters is 1. The zero-order chi connectivity index (χ0) is 45.9. The van der Waals surface area contributed by atoms with Crippen LogP contribution < -0.4 is 5.32 Å². The van der Waals surface area contributed by atoms with Crippen molar-refractivity contribution in [3.05, 3.63) is 60.8 Å². The Morgan fingerprint density at radius 2 is 0.905 bits per heavy atom. The van der Waals surface area contributed by atoms with Crippen LogP contribution in [0.2, 0.25) is 0 Å². The molecule has 0 aromatic rings. The molecule has 0 aliphatic heterocycles. The van der Waals surface area contributed by atoms with Gasteiger partial charge in [0.15, 0.2) is 0 Å². The summed E-state index contributed by atoms with van der Waals surface area (Å²) in [4.78, 5) is 26.2. The second-order valence-corrected chi connectivity index (χ2v) is 18.3. The van der Waals surface area contributed by atoms with Crippen molar-refractivity contribution < 1.29 is 24.5 Å². The molecule has 0 aliphatic carbocycles. The fourth-order valence-electron chi connectivity index (χ4n) is 8.02. The Hall–Kier alpha value is -2.44. The molecule has 0 fully saturated rings. The van der Waals surface area contributed by atoms with Crippen LogP contribution in [0, 0.1) is 0 Å². The van der Waals surface area contributed by atoms with Gasteiger partial charge >= 0.3 is 5.97 Å². The minimum absolute atomic E-state index is 0.0570. The smallest absolute Gasteiger partial charge is 0.306 e. The average Bonchev–Trinajstić information content (AvgIpc) is 3.28. The Morgan fingerprint density at radius 1 is 0.492 bits per heavy atom. The number of nitrogens with one attached hydrogen (secondary N) is 1. The monoisotopic (exact) mass is 882 g/mol. The molecule has 3 N–H and O–H groups in total. The van der Waals surface area contributed by atoms with Crippen molar-refractivity contribution >= 4 is 11.9 Å². The summed E-state index contributed by atoms with van der Waals surface area (Å²) in [5, 5.41) is 23.8. The molecule has 0 saturated carbocycles. The molecule has 1 amide bonds. The largest absolute Gasteiger partial charge is 0.462 e. The van der Waals surface area contributed by atoms with Gasteiger partial charge in [-0.15, -0.1) is 0 Å². The van der Waals surface area contributed by atoms with E-state index in [0.29, 0.717) is 19.3 Å². The van der Waals surface area contributed by atoms with Gasteiger partial charge in [-0.2, -0.15) is 0 Å². The van der Waals surface area contributed by atoms with Crippen LogP contribution in [0.1, 0.15) is 265 Å². The van der Waals surface area contributed by atoms with Crippen LogP contribution in [0.15, 0.2) is 60.8 Å². The molecule has 0 bridgehead atoms. The number of hydrogen-bond acceptors (Lipinski definition) is 5. The first-order chi connectivity index (χ1) is 31.0. The molecule has 366 valence electrons. The third-order valence-electron chi connectivity index (χ3n) is 12.1. The summed E-state index contributed by atoms with van der Waals surface area (Å²) < 4.78 is 5.93. The Labute approximate surface area is 390 Å². The molecule has 0 aromatic heterocycles. The molecule has 0 rings (SSSR count). The molecule has 0 radical (unpaired) electrons. The number of carbonyl (C=O) groups excluding carboxylic acids is 2. The lowest BCUT2D eigenvalue weighted by atomic mass is 10.0. The van der Waals surface area contributed by atoms with Crippen molar-refractivity contribution in [3.8, 4) is 0 Å². The zero-order valence-electron chi connectivity index (χ0n) is 41.7. The van der Waals surface area contributed by atoms with Crippen LogP contribution in [0.25, 0.3) is 0 Å². The number of aliphatic hydroxyl groups is 2. The first-order valence-corrected chi connectivity index (χ1v) is 27.0. The quantitative estimate of drug-likeness (QED) is 0.0245. The summed E-state index contributed by atoms with van der Waals surface area (Å²) in [5.41, 5.74) is 0. The Kier molecular flexibility index (Phi) is 48.6. The fraction of sp³-hybridized carbons (Fsp3) is 0.789. The molecule has 3 unspecified atom stereocenters. The van der Waals surface area contributed by atoms with E-state index in [1.54, 1.807) is 0 Å². The number of hydrogen-bond donors (Lipinski definition) is 3. The van der Waals surface area contributed by atoms with Crippen LogP contribution in [0.3, 0.4) is 0 Å². The first kappa shape index (κ1) is 60.6. The lowest BCUT2D eigenvalue weighted by Crippen LogP contribution is -2.46. The highest BCUT2D eigenvalue weighted by Gasteiger charge is 2.24. The van der Waals surface area contributed by atoms with Crippen LogP contribution in [-0.2, 0) is 14.3 Å². The molecule has 6 nitrogen and oxygen atoms in total. The van der Waals surface area contributed by atoms with Crippen LogP contribution in [0.4, 0.5) is 0 Å². The predicted octanol–water partition coefficient (Wildman–Crippen LogP) is 16.4. The Balaban J connectivity index is 4.60. The number of unbranched alkanes of at least 4 members (excludes halogenated alkanes) is 27. The molecule has 0 aromatic carbocycles. The average molecular weight is 882 g/mol. The van der Waals surface area contributed by atoms with Gasteiger partial charge in [0.2, 0.25) is 5.91 Å². The van der Waals surface area contributed by atoms with E-state index in [-0.39, 0.29) is 24.9 Å². The minimum Gasteiger partial charge on any atom is -0.462 e. The van der Waals surface area contributed by atoms with E-state index in [0.717, 1.165) is 96.3 Å². The van der Waals surface area contributed by atoms with Crippen molar-refractivity contribution in [1.82, 2.24) is 5.32 Å². The van der Waals surface area contributed by atoms with E-state index in [2.05, 4.69) is 86.8 Å². The molecule has 0 spiro atoms. The van der Waals surface area contributed by atoms with Gasteiger partial charge in [0.1, 0.15) is 6.10 Å². The highest BCUT2D eigenvalue weighted by atomic mass is 16.5. The summed E-state index contributed by atoms with van der Waals surface area (Å²) >= 11 is 0. The maximum atomic E-state index is 13.2. The number of amides is 1. The lowest BCUT2D eigenvalue weighted by molar-refractivity contribution is -0.151. The highest BCUT2D eigenvalue weighted by Crippen LogP contribution is 2.18. The lowest BCUT2D eigenvalue weighted by Gasteiger charge is -2.24. The van der Waals surface area contributed by atoms with E-state index in [9.17, 15) is 19.8 Å². The maximum Gasteiger partial charge on any atom is 0.306 e.